The molecule has 1 aliphatic heterocycles. The molecule has 0 aromatic heterocycles. The Morgan fingerprint density at radius 3 is 2.50 bits per heavy atom. The van der Waals surface area contributed by atoms with E-state index in [1.165, 1.54) is 23.4 Å². The molecule has 1 fully saturated rings. The van der Waals surface area contributed by atoms with Crippen molar-refractivity contribution in [2.75, 3.05) is 25.5 Å². The maximum Gasteiger partial charge on any atom is 0.230 e. The molecule has 1 N–H and O–H groups in total. The zero-order chi connectivity index (χ0) is 18.2. The van der Waals surface area contributed by atoms with Gasteiger partial charge in [0.15, 0.2) is 0 Å². The quantitative estimate of drug-likeness (QED) is 0.799. The van der Waals surface area contributed by atoms with Gasteiger partial charge in [0.25, 0.3) is 0 Å². The molecule has 1 aliphatic rings. The fourth-order valence-corrected chi connectivity index (χ4v) is 4.15. The van der Waals surface area contributed by atoms with Crippen molar-refractivity contribution in [1.82, 2.24) is 5.32 Å². The van der Waals surface area contributed by atoms with E-state index >= 15 is 0 Å². The van der Waals surface area contributed by atoms with Gasteiger partial charge in [-0.3, -0.25) is 4.79 Å². The standard InChI is InChI=1S/C21H24FNO2S/c22-19-9-5-4-6-17(19)14-26-15-20(24)23-16-21(10-12-25-13-11-21)18-7-2-1-3-8-18/h1-9H,10-16H2,(H,23,24). The molecule has 2 aromatic rings. The molecule has 1 saturated heterocycles. The highest BCUT2D eigenvalue weighted by Crippen LogP contribution is 2.34. The zero-order valence-corrected chi connectivity index (χ0v) is 15.6. The molecule has 0 atom stereocenters. The van der Waals surface area contributed by atoms with Crippen molar-refractivity contribution in [3.63, 3.8) is 0 Å². The summed E-state index contributed by atoms with van der Waals surface area (Å²) in [5, 5.41) is 3.08. The molecule has 1 amide bonds. The predicted octanol–water partition coefficient (Wildman–Crippen LogP) is 3.92. The Balaban J connectivity index is 1.52. The highest BCUT2D eigenvalue weighted by Gasteiger charge is 2.34. The van der Waals surface area contributed by atoms with E-state index in [2.05, 4.69) is 17.4 Å². The maximum absolute atomic E-state index is 13.6. The van der Waals surface area contributed by atoms with Crippen LogP contribution in [0.3, 0.4) is 0 Å². The first kappa shape index (κ1) is 18.9. The third kappa shape index (κ3) is 4.86. The number of hydrogen-bond acceptors (Lipinski definition) is 3. The van der Waals surface area contributed by atoms with Crippen LogP contribution in [-0.2, 0) is 20.7 Å². The summed E-state index contributed by atoms with van der Waals surface area (Å²) in [4.78, 5) is 12.3. The number of benzene rings is 2. The van der Waals surface area contributed by atoms with Crippen LogP contribution in [0, 0.1) is 5.82 Å². The number of amides is 1. The maximum atomic E-state index is 13.6. The fraction of sp³-hybridized carbons (Fsp3) is 0.381. The van der Waals surface area contributed by atoms with Crippen LogP contribution in [0.25, 0.3) is 0 Å². The largest absolute Gasteiger partial charge is 0.381 e. The van der Waals surface area contributed by atoms with Crippen LogP contribution < -0.4 is 5.32 Å². The van der Waals surface area contributed by atoms with Gasteiger partial charge in [0.05, 0.1) is 5.75 Å². The van der Waals surface area contributed by atoms with Crippen LogP contribution in [0.1, 0.15) is 24.0 Å². The van der Waals surface area contributed by atoms with E-state index in [-0.39, 0.29) is 17.1 Å². The number of nitrogens with one attached hydrogen (secondary N) is 1. The van der Waals surface area contributed by atoms with E-state index in [1.54, 1.807) is 12.1 Å². The van der Waals surface area contributed by atoms with E-state index in [9.17, 15) is 9.18 Å². The van der Waals surface area contributed by atoms with Crippen LogP contribution in [0.4, 0.5) is 4.39 Å². The Kier molecular flexibility index (Phi) is 6.69. The Morgan fingerprint density at radius 1 is 1.08 bits per heavy atom. The number of thioether (sulfide) groups is 1. The minimum atomic E-state index is -0.217. The highest BCUT2D eigenvalue weighted by atomic mass is 32.2. The molecule has 1 heterocycles. The Bertz CT molecular complexity index is 717. The van der Waals surface area contributed by atoms with Gasteiger partial charge in [-0.25, -0.2) is 4.39 Å². The van der Waals surface area contributed by atoms with Gasteiger partial charge < -0.3 is 10.1 Å². The van der Waals surface area contributed by atoms with Crippen molar-refractivity contribution >= 4 is 17.7 Å². The monoisotopic (exact) mass is 373 g/mol. The Morgan fingerprint density at radius 2 is 1.77 bits per heavy atom. The molecule has 138 valence electrons. The van der Waals surface area contributed by atoms with Crippen LogP contribution in [0.5, 0.6) is 0 Å². The first-order valence-corrected chi connectivity index (χ1v) is 10.1. The van der Waals surface area contributed by atoms with Gasteiger partial charge in [0, 0.05) is 30.9 Å². The molecular weight excluding hydrogens is 349 g/mol. The molecular formula is C21H24FNO2S. The molecule has 0 bridgehead atoms. The summed E-state index contributed by atoms with van der Waals surface area (Å²) in [6.07, 6.45) is 1.80. The normalized spacial score (nSPS) is 16.2. The van der Waals surface area contributed by atoms with Crippen molar-refractivity contribution in [1.29, 1.82) is 0 Å². The van der Waals surface area contributed by atoms with Crippen LogP contribution in [0.15, 0.2) is 54.6 Å². The summed E-state index contributed by atoms with van der Waals surface area (Å²) >= 11 is 1.43. The van der Waals surface area contributed by atoms with E-state index in [1.807, 2.05) is 24.3 Å². The minimum Gasteiger partial charge on any atom is -0.381 e. The SMILES string of the molecule is O=C(CSCc1ccccc1F)NCC1(c2ccccc2)CCOCC1. The fourth-order valence-electron chi connectivity index (χ4n) is 3.31. The van der Waals surface area contributed by atoms with Gasteiger partial charge in [0.2, 0.25) is 5.91 Å². The number of carbonyl (C=O) groups excluding carboxylic acids is 1. The summed E-state index contributed by atoms with van der Waals surface area (Å²) in [5.41, 5.74) is 1.82. The smallest absolute Gasteiger partial charge is 0.230 e. The number of hydrogen-bond donors (Lipinski definition) is 1. The Labute approximate surface area is 158 Å². The lowest BCUT2D eigenvalue weighted by atomic mass is 9.74. The molecule has 0 aliphatic carbocycles. The lowest BCUT2D eigenvalue weighted by Gasteiger charge is -2.38. The summed E-state index contributed by atoms with van der Waals surface area (Å²) in [7, 11) is 0. The van der Waals surface area contributed by atoms with Crippen molar-refractivity contribution in [3.05, 3.63) is 71.5 Å². The minimum absolute atomic E-state index is 0.00635. The molecule has 3 nitrogen and oxygen atoms in total. The first-order chi connectivity index (χ1) is 12.7. The molecule has 26 heavy (non-hydrogen) atoms. The van der Waals surface area contributed by atoms with Gasteiger partial charge >= 0.3 is 0 Å². The second-order valence-corrected chi connectivity index (χ2v) is 7.61. The van der Waals surface area contributed by atoms with Gasteiger partial charge in [-0.05, 0) is 30.0 Å². The highest BCUT2D eigenvalue weighted by molar-refractivity contribution is 7.99. The molecule has 0 saturated carbocycles. The lowest BCUT2D eigenvalue weighted by Crippen LogP contribution is -2.45. The average Bonchev–Trinajstić information content (AvgIpc) is 2.69. The van der Waals surface area contributed by atoms with E-state index < -0.39 is 0 Å². The summed E-state index contributed by atoms with van der Waals surface area (Å²) in [5.74, 6) is 0.604. The van der Waals surface area contributed by atoms with E-state index in [0.717, 1.165) is 12.8 Å². The third-order valence-electron chi connectivity index (χ3n) is 4.91. The van der Waals surface area contributed by atoms with E-state index in [0.29, 0.717) is 36.8 Å². The van der Waals surface area contributed by atoms with Crippen LogP contribution >= 0.6 is 11.8 Å². The topological polar surface area (TPSA) is 38.3 Å². The van der Waals surface area contributed by atoms with Gasteiger partial charge in [-0.1, -0.05) is 48.5 Å². The van der Waals surface area contributed by atoms with Gasteiger partial charge in [0.1, 0.15) is 5.82 Å². The molecule has 3 rings (SSSR count). The molecule has 5 heteroatoms. The second kappa shape index (κ2) is 9.19. The van der Waals surface area contributed by atoms with Crippen molar-refractivity contribution in [2.45, 2.75) is 24.0 Å². The lowest BCUT2D eigenvalue weighted by molar-refractivity contribution is -0.119. The Hall–Kier alpha value is -1.85. The third-order valence-corrected chi connectivity index (χ3v) is 5.89. The molecule has 0 spiro atoms. The number of carbonyl (C=O) groups is 1. The second-order valence-electron chi connectivity index (χ2n) is 6.62. The van der Waals surface area contributed by atoms with Crippen LogP contribution in [0.2, 0.25) is 0 Å². The molecule has 2 aromatic carbocycles. The zero-order valence-electron chi connectivity index (χ0n) is 14.7. The van der Waals surface area contributed by atoms with Crippen molar-refractivity contribution in [2.24, 2.45) is 0 Å². The van der Waals surface area contributed by atoms with Crippen molar-refractivity contribution in [3.8, 4) is 0 Å². The van der Waals surface area contributed by atoms with Gasteiger partial charge in [-0.15, -0.1) is 11.8 Å². The summed E-state index contributed by atoms with van der Waals surface area (Å²) in [6.45, 7) is 2.04. The number of ether oxygens (including phenoxy) is 1. The molecule has 0 unspecified atom stereocenters. The first-order valence-electron chi connectivity index (χ1n) is 8.91. The summed E-state index contributed by atoms with van der Waals surface area (Å²) in [6, 6.07) is 17.0. The van der Waals surface area contributed by atoms with Crippen LogP contribution in [-0.4, -0.2) is 31.4 Å². The number of halogens is 1. The van der Waals surface area contributed by atoms with E-state index in [4.69, 9.17) is 4.74 Å². The summed E-state index contributed by atoms with van der Waals surface area (Å²) < 4.78 is 19.1. The average molecular weight is 373 g/mol. The predicted molar refractivity (Wildman–Crippen MR) is 104 cm³/mol. The molecule has 0 radical (unpaired) electrons. The van der Waals surface area contributed by atoms with Gasteiger partial charge in [-0.2, -0.15) is 0 Å². The van der Waals surface area contributed by atoms with Crippen molar-refractivity contribution < 1.29 is 13.9 Å². The number of rotatable bonds is 7.